The third-order valence-corrected chi connectivity index (χ3v) is 5.11. The predicted molar refractivity (Wildman–Crippen MR) is 127 cm³/mol. The first kappa shape index (κ1) is 23.0. The van der Waals surface area contributed by atoms with E-state index in [1.807, 2.05) is 36.4 Å². The summed E-state index contributed by atoms with van der Waals surface area (Å²) in [5.41, 5.74) is 2.60. The standard InChI is InChI=1S/C25H21BrN2O4/c1-17(29)32-21-10-6-9-19(15-21)25(31)27-16-20-8-3-5-12-23(20)28-24(30)14-13-18-7-2-4-11-22(18)26/h2-15H,16H2,1H3,(H,27,31)(H,28,30)/b14-13+. The molecule has 0 aliphatic rings. The van der Waals surface area contributed by atoms with Crippen LogP contribution in [0.2, 0.25) is 0 Å². The van der Waals surface area contributed by atoms with Crippen molar-refractivity contribution in [2.45, 2.75) is 13.5 Å². The fourth-order valence-electron chi connectivity index (χ4n) is 2.89. The highest BCUT2D eigenvalue weighted by atomic mass is 79.9. The quantitative estimate of drug-likeness (QED) is 0.277. The van der Waals surface area contributed by atoms with Crippen LogP contribution in [0.15, 0.2) is 83.3 Å². The molecule has 0 aliphatic heterocycles. The van der Waals surface area contributed by atoms with Gasteiger partial charge >= 0.3 is 5.97 Å². The zero-order valence-corrected chi connectivity index (χ0v) is 18.9. The molecule has 3 rings (SSSR count). The molecule has 0 radical (unpaired) electrons. The average molecular weight is 493 g/mol. The van der Waals surface area contributed by atoms with Crippen LogP contribution in [0.5, 0.6) is 5.75 Å². The summed E-state index contributed by atoms with van der Waals surface area (Å²) in [5.74, 6) is -0.766. The first-order valence-corrected chi connectivity index (χ1v) is 10.6. The summed E-state index contributed by atoms with van der Waals surface area (Å²) in [7, 11) is 0. The van der Waals surface area contributed by atoms with E-state index >= 15 is 0 Å². The molecular weight excluding hydrogens is 472 g/mol. The van der Waals surface area contributed by atoms with E-state index in [9.17, 15) is 14.4 Å². The molecule has 2 amide bonds. The van der Waals surface area contributed by atoms with Crippen molar-refractivity contribution in [1.29, 1.82) is 0 Å². The summed E-state index contributed by atoms with van der Waals surface area (Å²) in [4.78, 5) is 36.0. The average Bonchev–Trinajstić information content (AvgIpc) is 2.77. The summed E-state index contributed by atoms with van der Waals surface area (Å²) in [5, 5.41) is 5.66. The molecule has 3 aromatic carbocycles. The van der Waals surface area contributed by atoms with E-state index in [4.69, 9.17) is 4.74 Å². The number of rotatable bonds is 7. The second-order valence-electron chi connectivity index (χ2n) is 6.81. The molecule has 0 saturated heterocycles. The highest BCUT2D eigenvalue weighted by molar-refractivity contribution is 9.10. The molecule has 32 heavy (non-hydrogen) atoms. The van der Waals surface area contributed by atoms with Gasteiger partial charge in [0.1, 0.15) is 5.75 Å². The molecule has 0 saturated carbocycles. The molecule has 0 spiro atoms. The number of hydrogen-bond acceptors (Lipinski definition) is 4. The lowest BCUT2D eigenvalue weighted by Gasteiger charge is -2.11. The highest BCUT2D eigenvalue weighted by Gasteiger charge is 2.10. The Labute approximate surface area is 194 Å². The maximum atomic E-state index is 12.5. The van der Waals surface area contributed by atoms with Crippen LogP contribution < -0.4 is 15.4 Å². The third-order valence-electron chi connectivity index (χ3n) is 4.39. The Balaban J connectivity index is 1.64. The SMILES string of the molecule is CC(=O)Oc1cccc(C(=O)NCc2ccccc2NC(=O)/C=C/c2ccccc2Br)c1. The Morgan fingerprint density at radius 2 is 1.72 bits per heavy atom. The number of benzene rings is 3. The monoisotopic (exact) mass is 492 g/mol. The molecule has 162 valence electrons. The van der Waals surface area contributed by atoms with E-state index in [-0.39, 0.29) is 18.4 Å². The maximum absolute atomic E-state index is 12.5. The fraction of sp³-hybridized carbons (Fsp3) is 0.0800. The van der Waals surface area contributed by atoms with Crippen molar-refractivity contribution < 1.29 is 19.1 Å². The van der Waals surface area contributed by atoms with Gasteiger partial charge < -0.3 is 15.4 Å². The topological polar surface area (TPSA) is 84.5 Å². The van der Waals surface area contributed by atoms with Crippen molar-refractivity contribution in [2.24, 2.45) is 0 Å². The summed E-state index contributed by atoms with van der Waals surface area (Å²) >= 11 is 3.45. The van der Waals surface area contributed by atoms with E-state index in [0.717, 1.165) is 15.6 Å². The minimum Gasteiger partial charge on any atom is -0.427 e. The van der Waals surface area contributed by atoms with Crippen LogP contribution in [0.3, 0.4) is 0 Å². The molecule has 0 aliphatic carbocycles. The summed E-state index contributed by atoms with van der Waals surface area (Å²) < 4.78 is 5.91. The normalized spacial score (nSPS) is 10.6. The van der Waals surface area contributed by atoms with Gasteiger partial charge in [-0.1, -0.05) is 58.4 Å². The fourth-order valence-corrected chi connectivity index (χ4v) is 3.31. The second kappa shape index (κ2) is 11.1. The van der Waals surface area contributed by atoms with Crippen molar-refractivity contribution >= 4 is 45.5 Å². The zero-order chi connectivity index (χ0) is 22.9. The Morgan fingerprint density at radius 3 is 2.50 bits per heavy atom. The number of esters is 1. The summed E-state index contributed by atoms with van der Waals surface area (Å²) in [6.45, 7) is 1.51. The molecule has 3 aromatic rings. The molecule has 0 bridgehead atoms. The Bertz CT molecular complexity index is 1170. The van der Waals surface area contributed by atoms with Gasteiger partial charge in [-0.15, -0.1) is 0 Å². The molecule has 7 heteroatoms. The molecule has 0 unspecified atom stereocenters. The number of carbonyl (C=O) groups is 3. The number of para-hydroxylation sites is 1. The minimum absolute atomic E-state index is 0.209. The van der Waals surface area contributed by atoms with E-state index in [1.165, 1.54) is 19.1 Å². The molecule has 0 fully saturated rings. The van der Waals surface area contributed by atoms with E-state index in [0.29, 0.717) is 17.0 Å². The van der Waals surface area contributed by atoms with Crippen LogP contribution in [-0.4, -0.2) is 17.8 Å². The van der Waals surface area contributed by atoms with Gasteiger partial charge in [0.15, 0.2) is 0 Å². The first-order valence-electron chi connectivity index (χ1n) is 9.80. The number of carbonyl (C=O) groups excluding carboxylic acids is 3. The van der Waals surface area contributed by atoms with Crippen LogP contribution in [0.1, 0.15) is 28.4 Å². The van der Waals surface area contributed by atoms with Gasteiger partial charge in [0.05, 0.1) is 0 Å². The van der Waals surface area contributed by atoms with E-state index in [2.05, 4.69) is 26.6 Å². The lowest BCUT2D eigenvalue weighted by Crippen LogP contribution is -2.23. The van der Waals surface area contributed by atoms with E-state index < -0.39 is 5.97 Å². The summed E-state index contributed by atoms with van der Waals surface area (Å²) in [6, 6.07) is 21.2. The van der Waals surface area contributed by atoms with Gasteiger partial charge in [0, 0.05) is 35.3 Å². The molecule has 0 heterocycles. The van der Waals surface area contributed by atoms with Crippen molar-refractivity contribution in [3.05, 3.63) is 100 Å². The van der Waals surface area contributed by atoms with Gasteiger partial charge in [0.2, 0.25) is 5.91 Å². The number of amides is 2. The Hall–Kier alpha value is -3.71. The lowest BCUT2D eigenvalue weighted by molar-refractivity contribution is -0.131. The lowest BCUT2D eigenvalue weighted by atomic mass is 10.1. The van der Waals surface area contributed by atoms with Crippen molar-refractivity contribution in [1.82, 2.24) is 5.32 Å². The smallest absolute Gasteiger partial charge is 0.308 e. The van der Waals surface area contributed by atoms with Gasteiger partial charge in [-0.3, -0.25) is 14.4 Å². The number of ether oxygens (including phenoxy) is 1. The van der Waals surface area contributed by atoms with Crippen molar-refractivity contribution in [3.8, 4) is 5.75 Å². The van der Waals surface area contributed by atoms with Crippen LogP contribution in [0.25, 0.3) is 6.08 Å². The third kappa shape index (κ3) is 6.65. The molecule has 0 aromatic heterocycles. The van der Waals surface area contributed by atoms with Gasteiger partial charge in [-0.2, -0.15) is 0 Å². The number of anilines is 1. The molecule has 0 atom stereocenters. The van der Waals surface area contributed by atoms with Gasteiger partial charge in [0.25, 0.3) is 5.91 Å². The first-order chi connectivity index (χ1) is 15.4. The predicted octanol–water partition coefficient (Wildman–Crippen LogP) is 4.96. The second-order valence-corrected chi connectivity index (χ2v) is 7.66. The number of nitrogens with one attached hydrogen (secondary N) is 2. The number of hydrogen-bond donors (Lipinski definition) is 2. The largest absolute Gasteiger partial charge is 0.427 e. The Morgan fingerprint density at radius 1 is 0.969 bits per heavy atom. The van der Waals surface area contributed by atoms with Gasteiger partial charge in [-0.05, 0) is 47.5 Å². The highest BCUT2D eigenvalue weighted by Crippen LogP contribution is 2.19. The Kier molecular flexibility index (Phi) is 7.94. The molecule has 6 nitrogen and oxygen atoms in total. The van der Waals surface area contributed by atoms with Crippen LogP contribution in [-0.2, 0) is 16.1 Å². The molecule has 2 N–H and O–H groups in total. The van der Waals surface area contributed by atoms with Crippen LogP contribution in [0, 0.1) is 0 Å². The van der Waals surface area contributed by atoms with Crippen LogP contribution in [0.4, 0.5) is 5.69 Å². The van der Waals surface area contributed by atoms with Crippen molar-refractivity contribution in [2.75, 3.05) is 5.32 Å². The van der Waals surface area contributed by atoms with Crippen LogP contribution >= 0.6 is 15.9 Å². The van der Waals surface area contributed by atoms with E-state index in [1.54, 1.807) is 36.4 Å². The van der Waals surface area contributed by atoms with Gasteiger partial charge in [-0.25, -0.2) is 0 Å². The maximum Gasteiger partial charge on any atom is 0.308 e. The zero-order valence-electron chi connectivity index (χ0n) is 17.3. The number of halogens is 1. The van der Waals surface area contributed by atoms with Crippen molar-refractivity contribution in [3.63, 3.8) is 0 Å². The molecular formula is C25H21BrN2O4. The summed E-state index contributed by atoms with van der Waals surface area (Å²) in [6.07, 6.45) is 3.18. The minimum atomic E-state index is -0.458.